The van der Waals surface area contributed by atoms with Gasteiger partial charge in [0.1, 0.15) is 0 Å². The standard InChI is InChI=1S/C11H16N4OS2/c1-7(2)4-17-6-9-14-10(16-15-9)3-8-5-18-11(12)13-8/h5,7H,3-4,6H2,1-2H3,(H2,12,13). The van der Waals surface area contributed by atoms with E-state index in [9.17, 15) is 0 Å². The minimum Gasteiger partial charge on any atom is -0.375 e. The van der Waals surface area contributed by atoms with Gasteiger partial charge in [-0.3, -0.25) is 0 Å². The topological polar surface area (TPSA) is 77.8 Å². The lowest BCUT2D eigenvalue weighted by Gasteiger charge is -2.00. The molecule has 2 aromatic heterocycles. The van der Waals surface area contributed by atoms with Crippen LogP contribution < -0.4 is 5.73 Å². The molecule has 2 rings (SSSR count). The summed E-state index contributed by atoms with van der Waals surface area (Å²) < 4.78 is 5.18. The van der Waals surface area contributed by atoms with Crippen LogP contribution in [0.25, 0.3) is 0 Å². The van der Waals surface area contributed by atoms with Crippen molar-refractivity contribution in [3.8, 4) is 0 Å². The van der Waals surface area contributed by atoms with Crippen molar-refractivity contribution in [1.29, 1.82) is 0 Å². The molecule has 2 heterocycles. The molecule has 0 atom stereocenters. The summed E-state index contributed by atoms with van der Waals surface area (Å²) >= 11 is 3.24. The van der Waals surface area contributed by atoms with Gasteiger partial charge in [-0.1, -0.05) is 19.0 Å². The third kappa shape index (κ3) is 3.99. The summed E-state index contributed by atoms with van der Waals surface area (Å²) in [6, 6.07) is 0. The largest absolute Gasteiger partial charge is 0.375 e. The number of thiazole rings is 1. The van der Waals surface area contributed by atoms with Crippen molar-refractivity contribution in [2.75, 3.05) is 11.5 Å². The second-order valence-corrected chi connectivity index (χ2v) is 6.29. The maximum Gasteiger partial charge on any atom is 0.232 e. The molecule has 0 bridgehead atoms. The molecule has 0 saturated carbocycles. The first-order chi connectivity index (χ1) is 8.63. The van der Waals surface area contributed by atoms with Gasteiger partial charge in [-0.25, -0.2) is 4.98 Å². The molecule has 7 heteroatoms. The number of anilines is 1. The minimum absolute atomic E-state index is 0.551. The minimum atomic E-state index is 0.551. The van der Waals surface area contributed by atoms with E-state index in [1.54, 1.807) is 0 Å². The zero-order chi connectivity index (χ0) is 13.0. The molecule has 2 aromatic rings. The number of hydrogen-bond donors (Lipinski definition) is 1. The Morgan fingerprint density at radius 3 is 2.94 bits per heavy atom. The van der Waals surface area contributed by atoms with Crippen molar-refractivity contribution in [3.05, 3.63) is 22.8 Å². The predicted molar refractivity (Wildman–Crippen MR) is 74.6 cm³/mol. The first kappa shape index (κ1) is 13.4. The fourth-order valence-electron chi connectivity index (χ4n) is 1.37. The van der Waals surface area contributed by atoms with Crippen LogP contribution in [0.1, 0.15) is 31.3 Å². The van der Waals surface area contributed by atoms with Crippen molar-refractivity contribution in [2.45, 2.75) is 26.0 Å². The molecular weight excluding hydrogens is 268 g/mol. The maximum atomic E-state index is 5.57. The zero-order valence-corrected chi connectivity index (χ0v) is 12.1. The molecule has 98 valence electrons. The van der Waals surface area contributed by atoms with Gasteiger partial charge in [0.15, 0.2) is 11.0 Å². The summed E-state index contributed by atoms with van der Waals surface area (Å²) in [6.45, 7) is 4.39. The third-order valence-electron chi connectivity index (χ3n) is 2.09. The fraction of sp³-hybridized carbons (Fsp3) is 0.545. The molecule has 18 heavy (non-hydrogen) atoms. The summed E-state index contributed by atoms with van der Waals surface area (Å²) in [7, 11) is 0. The molecule has 0 aliphatic rings. The number of rotatable bonds is 6. The van der Waals surface area contributed by atoms with E-state index in [-0.39, 0.29) is 0 Å². The molecule has 0 aliphatic heterocycles. The Balaban J connectivity index is 1.86. The molecule has 0 aromatic carbocycles. The molecule has 0 unspecified atom stereocenters. The highest BCUT2D eigenvalue weighted by molar-refractivity contribution is 7.98. The second kappa shape index (κ2) is 6.19. The molecule has 0 fully saturated rings. The fourth-order valence-corrected chi connectivity index (χ4v) is 2.82. The van der Waals surface area contributed by atoms with Gasteiger partial charge in [-0.05, 0) is 11.7 Å². The van der Waals surface area contributed by atoms with Gasteiger partial charge in [0, 0.05) is 5.38 Å². The highest BCUT2D eigenvalue weighted by Crippen LogP contribution is 2.16. The number of hydrogen-bond acceptors (Lipinski definition) is 7. The van der Waals surface area contributed by atoms with E-state index in [2.05, 4.69) is 29.0 Å². The first-order valence-electron chi connectivity index (χ1n) is 5.72. The van der Waals surface area contributed by atoms with E-state index in [1.165, 1.54) is 11.3 Å². The van der Waals surface area contributed by atoms with E-state index in [0.29, 0.717) is 23.4 Å². The Morgan fingerprint density at radius 1 is 1.44 bits per heavy atom. The average molecular weight is 284 g/mol. The molecule has 0 spiro atoms. The van der Waals surface area contributed by atoms with Crippen molar-refractivity contribution >= 4 is 28.2 Å². The van der Waals surface area contributed by atoms with Crippen LogP contribution in [0.5, 0.6) is 0 Å². The van der Waals surface area contributed by atoms with E-state index in [4.69, 9.17) is 10.3 Å². The summed E-state index contributed by atoms with van der Waals surface area (Å²) in [5.74, 6) is 3.92. The number of nitrogens with zero attached hydrogens (tertiary/aromatic N) is 3. The first-order valence-corrected chi connectivity index (χ1v) is 7.76. The van der Waals surface area contributed by atoms with Crippen LogP contribution >= 0.6 is 23.1 Å². The second-order valence-electron chi connectivity index (χ2n) is 4.37. The van der Waals surface area contributed by atoms with Crippen LogP contribution in [0.15, 0.2) is 9.90 Å². The highest BCUT2D eigenvalue weighted by atomic mass is 32.2. The quantitative estimate of drug-likeness (QED) is 0.878. The van der Waals surface area contributed by atoms with Crippen LogP contribution in [-0.4, -0.2) is 20.9 Å². The summed E-state index contributed by atoms with van der Waals surface area (Å²) in [6.07, 6.45) is 0.551. The number of thioether (sulfide) groups is 1. The molecule has 0 amide bonds. The average Bonchev–Trinajstić information content (AvgIpc) is 2.89. The van der Waals surface area contributed by atoms with Crippen LogP contribution in [-0.2, 0) is 12.2 Å². The van der Waals surface area contributed by atoms with Gasteiger partial charge in [-0.2, -0.15) is 16.7 Å². The molecule has 0 aliphatic carbocycles. The van der Waals surface area contributed by atoms with E-state index < -0.39 is 0 Å². The van der Waals surface area contributed by atoms with E-state index >= 15 is 0 Å². The smallest absolute Gasteiger partial charge is 0.232 e. The van der Waals surface area contributed by atoms with Crippen molar-refractivity contribution in [2.24, 2.45) is 5.92 Å². The van der Waals surface area contributed by atoms with E-state index in [0.717, 1.165) is 23.0 Å². The number of nitrogens with two attached hydrogens (primary N) is 1. The van der Waals surface area contributed by atoms with Gasteiger partial charge >= 0.3 is 0 Å². The molecule has 0 saturated heterocycles. The van der Waals surface area contributed by atoms with Gasteiger partial charge in [0.25, 0.3) is 0 Å². The van der Waals surface area contributed by atoms with Crippen LogP contribution in [0.3, 0.4) is 0 Å². The van der Waals surface area contributed by atoms with Gasteiger partial charge < -0.3 is 10.3 Å². The predicted octanol–water partition coefficient (Wildman–Crippen LogP) is 2.59. The summed E-state index contributed by atoms with van der Waals surface area (Å²) in [5, 5.41) is 6.43. The Bertz CT molecular complexity index is 495. The monoisotopic (exact) mass is 284 g/mol. The molecule has 2 N–H and O–H groups in total. The van der Waals surface area contributed by atoms with Crippen LogP contribution in [0.4, 0.5) is 5.13 Å². The van der Waals surface area contributed by atoms with Crippen molar-refractivity contribution < 1.29 is 4.52 Å². The zero-order valence-electron chi connectivity index (χ0n) is 10.4. The Hall–Kier alpha value is -1.08. The van der Waals surface area contributed by atoms with Gasteiger partial charge in [0.2, 0.25) is 5.89 Å². The summed E-state index contributed by atoms with van der Waals surface area (Å²) in [5.41, 5.74) is 6.45. The molecule has 0 radical (unpaired) electrons. The lowest BCUT2D eigenvalue weighted by atomic mass is 10.3. The Kier molecular flexibility index (Phi) is 4.60. The van der Waals surface area contributed by atoms with Crippen LogP contribution in [0.2, 0.25) is 0 Å². The van der Waals surface area contributed by atoms with E-state index in [1.807, 2.05) is 17.1 Å². The van der Waals surface area contributed by atoms with Crippen molar-refractivity contribution in [3.63, 3.8) is 0 Å². The lowest BCUT2D eigenvalue weighted by Crippen LogP contribution is -1.93. The highest BCUT2D eigenvalue weighted by Gasteiger charge is 2.09. The SMILES string of the molecule is CC(C)CSCc1noc(Cc2csc(N)n2)n1. The molecular formula is C11H16N4OS2. The normalized spacial score (nSPS) is 11.3. The number of nitrogen functional groups attached to an aromatic ring is 1. The summed E-state index contributed by atoms with van der Waals surface area (Å²) in [4.78, 5) is 8.50. The van der Waals surface area contributed by atoms with Gasteiger partial charge in [-0.15, -0.1) is 11.3 Å². The Morgan fingerprint density at radius 2 is 2.28 bits per heavy atom. The third-order valence-corrected chi connectivity index (χ3v) is 4.18. The van der Waals surface area contributed by atoms with Crippen LogP contribution in [0, 0.1) is 5.92 Å². The number of aromatic nitrogens is 3. The van der Waals surface area contributed by atoms with Gasteiger partial charge in [0.05, 0.1) is 17.9 Å². The Labute approximate surface area is 114 Å². The van der Waals surface area contributed by atoms with Crippen molar-refractivity contribution in [1.82, 2.24) is 15.1 Å². The maximum absolute atomic E-state index is 5.57. The molecule has 5 nitrogen and oxygen atoms in total. The lowest BCUT2D eigenvalue weighted by molar-refractivity contribution is 0.380.